The molecule has 2 amide bonds. The van der Waals surface area contributed by atoms with E-state index in [2.05, 4.69) is 15.8 Å². The lowest BCUT2D eigenvalue weighted by Crippen LogP contribution is -2.31. The van der Waals surface area contributed by atoms with Crippen molar-refractivity contribution in [1.82, 2.24) is 15.8 Å². The second-order valence-corrected chi connectivity index (χ2v) is 6.64. The van der Waals surface area contributed by atoms with Gasteiger partial charge in [-0.25, -0.2) is 0 Å². The van der Waals surface area contributed by atoms with Crippen molar-refractivity contribution in [1.29, 1.82) is 0 Å². The summed E-state index contributed by atoms with van der Waals surface area (Å²) in [6.45, 7) is 6.04. The number of hydrogen-bond donors (Lipinski definition) is 2. The highest BCUT2D eigenvalue weighted by atomic mass is 16.5. The van der Waals surface area contributed by atoms with Gasteiger partial charge in [0.05, 0.1) is 6.54 Å². The number of carbonyl (C=O) groups excluding carboxylic acids is 2. The van der Waals surface area contributed by atoms with Gasteiger partial charge in [0.2, 0.25) is 0 Å². The summed E-state index contributed by atoms with van der Waals surface area (Å²) < 4.78 is 10.6. The van der Waals surface area contributed by atoms with Crippen molar-refractivity contribution >= 4 is 11.8 Å². The molecule has 3 rings (SSSR count). The predicted molar refractivity (Wildman–Crippen MR) is 104 cm³/mol. The van der Waals surface area contributed by atoms with E-state index in [-0.39, 0.29) is 23.6 Å². The van der Waals surface area contributed by atoms with E-state index in [1.54, 1.807) is 49.4 Å². The molecule has 0 fully saturated rings. The lowest BCUT2D eigenvalue weighted by Gasteiger charge is -2.09. The van der Waals surface area contributed by atoms with E-state index in [0.29, 0.717) is 29.3 Å². The topological polar surface area (TPSA) is 97.4 Å². The molecule has 1 atom stereocenters. The van der Waals surface area contributed by atoms with Crippen LogP contribution in [0.15, 0.2) is 51.4 Å². The summed E-state index contributed by atoms with van der Waals surface area (Å²) in [7, 11) is 0. The van der Waals surface area contributed by atoms with Gasteiger partial charge in [0, 0.05) is 23.2 Å². The highest BCUT2D eigenvalue weighted by Crippen LogP contribution is 2.23. The van der Waals surface area contributed by atoms with Crippen LogP contribution >= 0.6 is 0 Å². The van der Waals surface area contributed by atoms with Gasteiger partial charge in [-0.15, -0.1) is 0 Å². The smallest absolute Gasteiger partial charge is 0.287 e. The van der Waals surface area contributed by atoms with Crippen molar-refractivity contribution in [3.63, 3.8) is 0 Å². The molecule has 28 heavy (non-hydrogen) atoms. The van der Waals surface area contributed by atoms with Gasteiger partial charge < -0.3 is 19.6 Å². The van der Waals surface area contributed by atoms with Crippen molar-refractivity contribution in [3.8, 4) is 11.3 Å². The van der Waals surface area contributed by atoms with E-state index in [1.165, 1.54) is 0 Å². The number of hydrogen-bond acceptors (Lipinski definition) is 5. The molecular weight excluding hydrogens is 358 g/mol. The number of benzene rings is 1. The summed E-state index contributed by atoms with van der Waals surface area (Å²) in [5, 5.41) is 9.50. The molecule has 0 radical (unpaired) electrons. The molecule has 0 saturated carbocycles. The van der Waals surface area contributed by atoms with E-state index in [4.69, 9.17) is 8.94 Å². The molecular formula is C21H23N3O4. The molecule has 0 aliphatic heterocycles. The summed E-state index contributed by atoms with van der Waals surface area (Å²) in [5.74, 6) is 1.09. The third-order valence-corrected chi connectivity index (χ3v) is 4.36. The number of amides is 2. The van der Waals surface area contributed by atoms with Crippen LogP contribution in [0.5, 0.6) is 0 Å². The van der Waals surface area contributed by atoms with Crippen LogP contribution in [-0.4, -0.2) is 23.0 Å². The number of nitrogens with zero attached hydrogens (tertiary/aromatic N) is 1. The molecule has 146 valence electrons. The third kappa shape index (κ3) is 4.68. The maximum absolute atomic E-state index is 12.3. The van der Waals surface area contributed by atoms with Crippen molar-refractivity contribution in [3.05, 3.63) is 65.2 Å². The van der Waals surface area contributed by atoms with E-state index >= 15 is 0 Å². The van der Waals surface area contributed by atoms with Crippen molar-refractivity contribution in [2.45, 2.75) is 39.8 Å². The lowest BCUT2D eigenvalue weighted by molar-refractivity contribution is 0.0910. The summed E-state index contributed by atoms with van der Waals surface area (Å²) in [5.41, 5.74) is 1.97. The van der Waals surface area contributed by atoms with Gasteiger partial charge >= 0.3 is 0 Å². The largest absolute Gasteiger partial charge is 0.451 e. The van der Waals surface area contributed by atoms with Gasteiger partial charge in [-0.2, -0.15) is 0 Å². The molecule has 0 aliphatic carbocycles. The van der Waals surface area contributed by atoms with Crippen LogP contribution in [0.2, 0.25) is 0 Å². The van der Waals surface area contributed by atoms with Crippen molar-refractivity contribution in [2.75, 3.05) is 0 Å². The predicted octanol–water partition coefficient (Wildman–Crippen LogP) is 3.70. The van der Waals surface area contributed by atoms with E-state index in [1.807, 2.05) is 13.8 Å². The molecule has 7 heteroatoms. The molecule has 2 aromatic heterocycles. The van der Waals surface area contributed by atoms with Crippen LogP contribution in [0.25, 0.3) is 11.3 Å². The Kier molecular flexibility index (Phi) is 5.93. The Morgan fingerprint density at radius 1 is 1.11 bits per heavy atom. The van der Waals surface area contributed by atoms with Crippen LogP contribution in [0, 0.1) is 6.92 Å². The standard InChI is InChI=1S/C21H23N3O4/c1-4-13(2)23-21(26)19-10-9-18(27-19)15-5-7-16(8-6-15)20(25)22-12-17-11-14(3)28-24-17/h5-11,13H,4,12H2,1-3H3,(H,22,25)(H,23,26). The summed E-state index contributed by atoms with van der Waals surface area (Å²) >= 11 is 0. The first-order valence-corrected chi connectivity index (χ1v) is 9.17. The first kappa shape index (κ1) is 19.4. The zero-order chi connectivity index (χ0) is 20.1. The molecule has 1 aromatic carbocycles. The monoisotopic (exact) mass is 381 g/mol. The minimum absolute atomic E-state index is 0.0833. The molecule has 0 saturated heterocycles. The molecule has 3 aromatic rings. The van der Waals surface area contributed by atoms with Crippen LogP contribution in [0.4, 0.5) is 0 Å². The number of furan rings is 1. The average Bonchev–Trinajstić information content (AvgIpc) is 3.35. The van der Waals surface area contributed by atoms with Gasteiger partial charge in [0.1, 0.15) is 17.2 Å². The Morgan fingerprint density at radius 2 is 1.86 bits per heavy atom. The Labute approximate surface area is 163 Å². The van der Waals surface area contributed by atoms with E-state index in [0.717, 1.165) is 12.0 Å². The Hall–Kier alpha value is -3.35. The van der Waals surface area contributed by atoms with E-state index in [9.17, 15) is 9.59 Å². The SMILES string of the molecule is CCC(C)NC(=O)c1ccc(-c2ccc(C(=O)NCc3cc(C)on3)cc2)o1. The molecule has 1 unspecified atom stereocenters. The van der Waals surface area contributed by atoms with Crippen LogP contribution in [0.3, 0.4) is 0 Å². The number of aryl methyl sites for hydroxylation is 1. The minimum Gasteiger partial charge on any atom is -0.451 e. The van der Waals surface area contributed by atoms with Gasteiger partial charge in [0.25, 0.3) is 11.8 Å². The molecule has 2 N–H and O–H groups in total. The van der Waals surface area contributed by atoms with Crippen molar-refractivity contribution < 1.29 is 18.5 Å². The van der Waals surface area contributed by atoms with Crippen molar-refractivity contribution in [2.24, 2.45) is 0 Å². The zero-order valence-electron chi connectivity index (χ0n) is 16.1. The van der Waals surface area contributed by atoms with Gasteiger partial charge in [-0.3, -0.25) is 9.59 Å². The summed E-state index contributed by atoms with van der Waals surface area (Å²) in [6.07, 6.45) is 0.846. The fourth-order valence-corrected chi connectivity index (χ4v) is 2.57. The molecule has 2 heterocycles. The first-order chi connectivity index (χ1) is 13.5. The number of nitrogens with one attached hydrogen (secondary N) is 2. The fourth-order valence-electron chi connectivity index (χ4n) is 2.57. The summed E-state index contributed by atoms with van der Waals surface area (Å²) in [6, 6.07) is 12.2. The van der Waals surface area contributed by atoms with Gasteiger partial charge in [-0.1, -0.05) is 24.2 Å². The minimum atomic E-state index is -0.236. The Balaban J connectivity index is 1.62. The Bertz CT molecular complexity index is 956. The van der Waals surface area contributed by atoms with Gasteiger partial charge in [0.15, 0.2) is 5.76 Å². The normalized spacial score (nSPS) is 11.8. The molecule has 0 aliphatic rings. The number of aromatic nitrogens is 1. The van der Waals surface area contributed by atoms with Crippen LogP contribution in [0.1, 0.15) is 52.6 Å². The quantitative estimate of drug-likeness (QED) is 0.650. The average molecular weight is 381 g/mol. The second kappa shape index (κ2) is 8.56. The highest BCUT2D eigenvalue weighted by molar-refractivity contribution is 5.95. The molecule has 0 bridgehead atoms. The maximum Gasteiger partial charge on any atom is 0.287 e. The fraction of sp³-hybridized carbons (Fsp3) is 0.286. The summed E-state index contributed by atoms with van der Waals surface area (Å²) in [4.78, 5) is 24.4. The molecule has 7 nitrogen and oxygen atoms in total. The lowest BCUT2D eigenvalue weighted by atomic mass is 10.1. The van der Waals surface area contributed by atoms with Crippen LogP contribution in [-0.2, 0) is 6.54 Å². The zero-order valence-corrected chi connectivity index (χ0v) is 16.1. The first-order valence-electron chi connectivity index (χ1n) is 9.17. The van der Waals surface area contributed by atoms with Crippen LogP contribution < -0.4 is 10.6 Å². The number of rotatable bonds is 7. The molecule has 0 spiro atoms. The number of carbonyl (C=O) groups is 2. The van der Waals surface area contributed by atoms with E-state index < -0.39 is 0 Å². The third-order valence-electron chi connectivity index (χ3n) is 4.36. The second-order valence-electron chi connectivity index (χ2n) is 6.64. The Morgan fingerprint density at radius 3 is 2.50 bits per heavy atom. The van der Waals surface area contributed by atoms with Gasteiger partial charge in [-0.05, 0) is 44.5 Å². The highest BCUT2D eigenvalue weighted by Gasteiger charge is 2.14. The maximum atomic E-state index is 12.3.